The summed E-state index contributed by atoms with van der Waals surface area (Å²) < 4.78 is 4.89. The number of hydrogen-bond acceptors (Lipinski definition) is 5. The van der Waals surface area contributed by atoms with E-state index < -0.39 is 6.04 Å². The lowest BCUT2D eigenvalue weighted by Crippen LogP contribution is -2.43. The molecule has 1 saturated carbocycles. The van der Waals surface area contributed by atoms with E-state index in [0.717, 1.165) is 38.0 Å². The molecule has 2 atom stereocenters. The number of carbonyl (C=O) groups excluding carboxylic acids is 2. The lowest BCUT2D eigenvalue weighted by Gasteiger charge is -2.25. The van der Waals surface area contributed by atoms with Crippen molar-refractivity contribution in [1.82, 2.24) is 20.8 Å². The summed E-state index contributed by atoms with van der Waals surface area (Å²) in [6.45, 7) is 1.88. The second-order valence-electron chi connectivity index (χ2n) is 7.19. The molecular formula is C18H29ClN4O3. The van der Waals surface area contributed by atoms with Gasteiger partial charge in [-0.2, -0.15) is 5.10 Å². The summed E-state index contributed by atoms with van der Waals surface area (Å²) in [5, 5.41) is 13.2. The van der Waals surface area contributed by atoms with Gasteiger partial charge in [0.15, 0.2) is 0 Å². The molecule has 3 N–H and O–H groups in total. The summed E-state index contributed by atoms with van der Waals surface area (Å²) >= 11 is 0. The quantitative estimate of drug-likeness (QED) is 0.653. The van der Waals surface area contributed by atoms with Crippen molar-refractivity contribution in [3.05, 3.63) is 17.5 Å². The molecule has 146 valence electrons. The van der Waals surface area contributed by atoms with Gasteiger partial charge in [0.2, 0.25) is 0 Å². The molecular weight excluding hydrogens is 356 g/mol. The lowest BCUT2D eigenvalue weighted by atomic mass is 9.85. The Balaban J connectivity index is 0.00000243. The van der Waals surface area contributed by atoms with Gasteiger partial charge in [-0.05, 0) is 31.4 Å². The van der Waals surface area contributed by atoms with Crippen molar-refractivity contribution < 1.29 is 14.3 Å². The number of aromatic nitrogens is 2. The molecule has 2 aliphatic rings. The largest absolute Gasteiger partial charge is 0.467 e. The average molecular weight is 385 g/mol. The Morgan fingerprint density at radius 2 is 2.08 bits per heavy atom. The Morgan fingerprint density at radius 1 is 1.31 bits per heavy atom. The van der Waals surface area contributed by atoms with Crippen molar-refractivity contribution in [3.63, 3.8) is 0 Å². The highest BCUT2D eigenvalue weighted by molar-refractivity contribution is 5.95. The lowest BCUT2D eigenvalue weighted by molar-refractivity contribution is -0.143. The summed E-state index contributed by atoms with van der Waals surface area (Å²) in [4.78, 5) is 24.6. The molecule has 0 bridgehead atoms. The van der Waals surface area contributed by atoms with Crippen LogP contribution in [0.4, 0.5) is 0 Å². The van der Waals surface area contributed by atoms with Gasteiger partial charge in [0.05, 0.1) is 7.11 Å². The average Bonchev–Trinajstić information content (AvgIpc) is 3.32. The van der Waals surface area contributed by atoms with Crippen LogP contribution in [0.25, 0.3) is 0 Å². The molecule has 1 aromatic rings. The second kappa shape index (κ2) is 9.92. The van der Waals surface area contributed by atoms with Crippen LogP contribution in [0.3, 0.4) is 0 Å². The van der Waals surface area contributed by atoms with Gasteiger partial charge in [-0.25, -0.2) is 4.79 Å². The Morgan fingerprint density at radius 3 is 2.73 bits per heavy atom. The summed E-state index contributed by atoms with van der Waals surface area (Å²) in [6.07, 6.45) is 7.57. The summed E-state index contributed by atoms with van der Waals surface area (Å²) in [7, 11) is 1.36. The number of esters is 1. The number of methoxy groups -OCH3 is 1. The number of aromatic amines is 1. The van der Waals surface area contributed by atoms with Gasteiger partial charge in [-0.15, -0.1) is 12.4 Å². The number of amides is 1. The number of carbonyl (C=O) groups is 2. The minimum atomic E-state index is -0.603. The summed E-state index contributed by atoms with van der Waals surface area (Å²) in [6, 6.07) is 1.19. The van der Waals surface area contributed by atoms with Gasteiger partial charge in [0.25, 0.3) is 5.91 Å². The van der Waals surface area contributed by atoms with Gasteiger partial charge in [-0.1, -0.05) is 32.1 Å². The van der Waals surface area contributed by atoms with Gasteiger partial charge < -0.3 is 15.4 Å². The van der Waals surface area contributed by atoms with Gasteiger partial charge >= 0.3 is 5.97 Å². The molecule has 1 aliphatic heterocycles. The first kappa shape index (κ1) is 20.7. The molecule has 2 fully saturated rings. The first-order valence-electron chi connectivity index (χ1n) is 9.32. The van der Waals surface area contributed by atoms with Crippen molar-refractivity contribution in [3.8, 4) is 0 Å². The molecule has 0 radical (unpaired) electrons. The first-order valence-corrected chi connectivity index (χ1v) is 9.32. The van der Waals surface area contributed by atoms with E-state index in [2.05, 4.69) is 20.8 Å². The van der Waals surface area contributed by atoms with E-state index in [9.17, 15) is 9.59 Å². The monoisotopic (exact) mass is 384 g/mol. The number of nitrogens with zero attached hydrogens (tertiary/aromatic N) is 1. The molecule has 2 heterocycles. The van der Waals surface area contributed by atoms with E-state index >= 15 is 0 Å². The van der Waals surface area contributed by atoms with Crippen molar-refractivity contribution in [1.29, 1.82) is 0 Å². The van der Waals surface area contributed by atoms with E-state index in [4.69, 9.17) is 4.74 Å². The molecule has 1 unspecified atom stereocenters. The van der Waals surface area contributed by atoms with Crippen LogP contribution in [0, 0.1) is 5.92 Å². The van der Waals surface area contributed by atoms with Crippen LogP contribution in [0.1, 0.15) is 67.0 Å². The highest BCUT2D eigenvalue weighted by Crippen LogP contribution is 2.27. The topological polar surface area (TPSA) is 96.1 Å². The van der Waals surface area contributed by atoms with E-state index in [1.807, 2.05) is 0 Å². The zero-order valence-corrected chi connectivity index (χ0v) is 16.1. The maximum Gasteiger partial charge on any atom is 0.328 e. The Kier molecular flexibility index (Phi) is 7.90. The fraction of sp³-hybridized carbons (Fsp3) is 0.722. The Hall–Kier alpha value is -1.60. The van der Waals surface area contributed by atoms with Crippen molar-refractivity contribution in [2.45, 2.75) is 56.9 Å². The molecule has 1 aliphatic carbocycles. The van der Waals surface area contributed by atoms with E-state index in [1.54, 1.807) is 6.07 Å². The van der Waals surface area contributed by atoms with Crippen molar-refractivity contribution >= 4 is 24.3 Å². The summed E-state index contributed by atoms with van der Waals surface area (Å²) in [5.41, 5.74) is 1.30. The molecule has 1 aromatic heterocycles. The highest BCUT2D eigenvalue weighted by Gasteiger charge is 2.28. The number of ether oxygens (including phenoxy) is 1. The van der Waals surface area contributed by atoms with E-state index in [1.165, 1.54) is 26.4 Å². The molecule has 8 heteroatoms. The van der Waals surface area contributed by atoms with Crippen molar-refractivity contribution in [2.75, 3.05) is 20.2 Å². The maximum absolute atomic E-state index is 12.5. The standard InChI is InChI=1S/C18H28N4O3.ClH/c1-25-18(24)16(9-12-5-3-2-4-6-12)20-17(23)15-10-14(21-22-15)13-7-8-19-11-13;/h10,12-13,16,19H,2-9,11H2,1H3,(H,20,23)(H,21,22);1H/t13?,16-;/m0./s1. The molecule has 3 rings (SSSR count). The predicted octanol–water partition coefficient (Wildman–Crippen LogP) is 2.15. The number of halogens is 1. The Labute approximate surface area is 160 Å². The molecule has 0 spiro atoms. The van der Waals surface area contributed by atoms with Gasteiger partial charge in [0, 0.05) is 18.2 Å². The third kappa shape index (κ3) is 5.20. The number of hydrogen-bond donors (Lipinski definition) is 3. The SMILES string of the molecule is COC(=O)[C@H](CC1CCCCC1)NC(=O)c1cc(C2CCNC2)[nH]n1.Cl. The molecule has 26 heavy (non-hydrogen) atoms. The fourth-order valence-corrected chi connectivity index (χ4v) is 3.93. The molecule has 1 saturated heterocycles. The van der Waals surface area contributed by atoms with Crippen LogP contribution >= 0.6 is 12.4 Å². The zero-order chi connectivity index (χ0) is 17.6. The van der Waals surface area contributed by atoms with Gasteiger partial charge in [0.1, 0.15) is 11.7 Å². The van der Waals surface area contributed by atoms with Crippen LogP contribution in [0.15, 0.2) is 6.07 Å². The van der Waals surface area contributed by atoms with E-state index in [-0.39, 0.29) is 24.3 Å². The van der Waals surface area contributed by atoms with Crippen LogP contribution in [-0.4, -0.2) is 48.3 Å². The summed E-state index contributed by atoms with van der Waals surface area (Å²) in [5.74, 6) is 0.138. The van der Waals surface area contributed by atoms with Crippen LogP contribution in [0.5, 0.6) is 0 Å². The molecule has 7 nitrogen and oxygen atoms in total. The number of rotatable bonds is 6. The maximum atomic E-state index is 12.5. The van der Waals surface area contributed by atoms with Crippen LogP contribution < -0.4 is 10.6 Å². The second-order valence-corrected chi connectivity index (χ2v) is 7.19. The Bertz CT molecular complexity index is 595. The molecule has 1 amide bonds. The normalized spacial score (nSPS) is 21.7. The predicted molar refractivity (Wildman–Crippen MR) is 101 cm³/mol. The fourth-order valence-electron chi connectivity index (χ4n) is 3.93. The van der Waals surface area contributed by atoms with Crippen LogP contribution in [0.2, 0.25) is 0 Å². The number of H-pyrrole nitrogens is 1. The third-order valence-corrected chi connectivity index (χ3v) is 5.42. The zero-order valence-electron chi connectivity index (χ0n) is 15.3. The minimum Gasteiger partial charge on any atom is -0.467 e. The first-order chi connectivity index (χ1) is 12.2. The molecule has 0 aromatic carbocycles. The third-order valence-electron chi connectivity index (χ3n) is 5.42. The van der Waals surface area contributed by atoms with Crippen LogP contribution in [-0.2, 0) is 9.53 Å². The minimum absolute atomic E-state index is 0. The number of nitrogens with one attached hydrogen (secondary N) is 3. The van der Waals surface area contributed by atoms with Gasteiger partial charge in [-0.3, -0.25) is 9.89 Å². The van der Waals surface area contributed by atoms with E-state index in [0.29, 0.717) is 24.0 Å². The smallest absolute Gasteiger partial charge is 0.328 e. The highest BCUT2D eigenvalue weighted by atomic mass is 35.5. The van der Waals surface area contributed by atoms with Crippen molar-refractivity contribution in [2.24, 2.45) is 5.92 Å².